The monoisotopic (exact) mass is 464 g/mol. The third kappa shape index (κ3) is 4.47. The number of nitriles is 1. The van der Waals surface area contributed by atoms with Crippen LogP contribution in [-0.2, 0) is 11.2 Å². The first kappa shape index (κ1) is 22.2. The molecule has 0 amide bonds. The zero-order valence-electron chi connectivity index (χ0n) is 17.5. The molecule has 1 aliphatic heterocycles. The number of carbonyl (C=O) groups is 1. The van der Waals surface area contributed by atoms with Crippen molar-refractivity contribution in [2.45, 2.75) is 12.3 Å². The number of nitrogens with two attached hydrogens (primary N) is 1. The van der Waals surface area contributed by atoms with Crippen LogP contribution in [-0.4, -0.2) is 13.1 Å². The third-order valence-corrected chi connectivity index (χ3v) is 5.55. The number of carbonyl (C=O) groups excluding carboxylic acids is 1. The number of nitrogens with zero attached hydrogens (tertiary/aromatic N) is 1. The minimum atomic E-state index is -0.864. The molecule has 2 N–H and O–H groups in total. The number of rotatable bonds is 5. The molecule has 0 spiro atoms. The number of hydrogen-bond acceptors (Lipinski definition) is 6. The molecule has 0 saturated heterocycles. The van der Waals surface area contributed by atoms with Crippen LogP contribution in [0.1, 0.15) is 22.6 Å². The van der Waals surface area contributed by atoms with Gasteiger partial charge < -0.3 is 19.9 Å². The zero-order chi connectivity index (χ0) is 23.5. The Labute approximate surface area is 194 Å². The van der Waals surface area contributed by atoms with Gasteiger partial charge in [-0.15, -0.1) is 0 Å². The van der Waals surface area contributed by atoms with Gasteiger partial charge in [0.25, 0.3) is 0 Å². The lowest BCUT2D eigenvalue weighted by Crippen LogP contribution is -2.22. The topological polar surface area (TPSA) is 94.6 Å². The van der Waals surface area contributed by atoms with Crippen LogP contribution in [0.2, 0.25) is 5.02 Å². The van der Waals surface area contributed by atoms with Gasteiger partial charge >= 0.3 is 5.97 Å². The van der Waals surface area contributed by atoms with E-state index in [2.05, 4.69) is 0 Å². The molecule has 33 heavy (non-hydrogen) atoms. The quantitative estimate of drug-likeness (QED) is 0.428. The molecule has 0 bridgehead atoms. The Morgan fingerprint density at radius 3 is 2.58 bits per heavy atom. The SMILES string of the molecule is COc1ccc(CC(=O)Oc2ccc3c(c2)OC(N)=C(C#N)C3c2c(F)cccc2Cl)cc1. The highest BCUT2D eigenvalue weighted by atomic mass is 35.5. The van der Waals surface area contributed by atoms with Crippen LogP contribution in [0.3, 0.4) is 0 Å². The summed E-state index contributed by atoms with van der Waals surface area (Å²) in [5.41, 5.74) is 7.35. The van der Waals surface area contributed by atoms with E-state index in [9.17, 15) is 14.4 Å². The van der Waals surface area contributed by atoms with E-state index < -0.39 is 17.7 Å². The van der Waals surface area contributed by atoms with Crippen LogP contribution >= 0.6 is 11.6 Å². The summed E-state index contributed by atoms with van der Waals surface area (Å²) < 4.78 is 30.8. The van der Waals surface area contributed by atoms with Gasteiger partial charge in [0.05, 0.1) is 19.4 Å². The molecule has 4 rings (SSSR count). The minimum Gasteiger partial charge on any atom is -0.497 e. The van der Waals surface area contributed by atoms with E-state index in [1.165, 1.54) is 24.3 Å². The molecule has 0 fully saturated rings. The first-order valence-electron chi connectivity index (χ1n) is 9.90. The van der Waals surface area contributed by atoms with Crippen LogP contribution < -0.4 is 19.9 Å². The van der Waals surface area contributed by atoms with Gasteiger partial charge in [0.15, 0.2) is 0 Å². The smallest absolute Gasteiger partial charge is 0.315 e. The van der Waals surface area contributed by atoms with Gasteiger partial charge in [-0.2, -0.15) is 5.26 Å². The molecular weight excluding hydrogens is 447 g/mol. The standard InChI is InChI=1S/C25H18ClFN2O4/c1-31-15-7-5-14(6-8-15)11-22(30)32-16-9-10-17-21(12-16)33-25(29)18(13-28)23(17)24-19(26)3-2-4-20(24)27/h2-10,12,23H,11,29H2,1H3. The van der Waals surface area contributed by atoms with E-state index in [4.69, 9.17) is 31.5 Å². The lowest BCUT2D eigenvalue weighted by atomic mass is 9.83. The molecule has 1 unspecified atom stereocenters. The van der Waals surface area contributed by atoms with Gasteiger partial charge in [0.1, 0.15) is 34.7 Å². The molecule has 1 heterocycles. The third-order valence-electron chi connectivity index (χ3n) is 5.22. The molecule has 166 valence electrons. The van der Waals surface area contributed by atoms with E-state index in [0.29, 0.717) is 11.3 Å². The van der Waals surface area contributed by atoms with Crippen molar-refractivity contribution in [1.29, 1.82) is 5.26 Å². The molecule has 3 aromatic carbocycles. The molecule has 0 radical (unpaired) electrons. The highest BCUT2D eigenvalue weighted by Gasteiger charge is 2.34. The fourth-order valence-corrected chi connectivity index (χ4v) is 3.93. The number of hydrogen-bond donors (Lipinski definition) is 1. The lowest BCUT2D eigenvalue weighted by Gasteiger charge is -2.27. The van der Waals surface area contributed by atoms with Crippen molar-refractivity contribution in [1.82, 2.24) is 0 Å². The van der Waals surface area contributed by atoms with E-state index in [-0.39, 0.29) is 40.0 Å². The number of benzene rings is 3. The van der Waals surface area contributed by atoms with Crippen LogP contribution in [0, 0.1) is 17.1 Å². The number of methoxy groups -OCH3 is 1. The van der Waals surface area contributed by atoms with Crippen molar-refractivity contribution in [3.05, 3.63) is 99.7 Å². The predicted octanol–water partition coefficient (Wildman–Crippen LogP) is 4.85. The highest BCUT2D eigenvalue weighted by Crippen LogP contribution is 2.46. The van der Waals surface area contributed by atoms with Gasteiger partial charge in [0.2, 0.25) is 5.88 Å². The Hall–Kier alpha value is -4.02. The summed E-state index contributed by atoms with van der Waals surface area (Å²) in [4.78, 5) is 12.4. The van der Waals surface area contributed by atoms with E-state index in [0.717, 1.165) is 5.56 Å². The first-order chi connectivity index (χ1) is 15.9. The van der Waals surface area contributed by atoms with Crippen molar-refractivity contribution < 1.29 is 23.4 Å². The number of halogens is 2. The molecule has 1 atom stereocenters. The molecular formula is C25H18ClFN2O4. The fourth-order valence-electron chi connectivity index (χ4n) is 3.66. The molecule has 6 nitrogen and oxygen atoms in total. The summed E-state index contributed by atoms with van der Waals surface area (Å²) in [5, 5.41) is 9.79. The average molecular weight is 465 g/mol. The van der Waals surface area contributed by atoms with E-state index in [1.54, 1.807) is 43.5 Å². The number of fused-ring (bicyclic) bond motifs is 1. The Balaban J connectivity index is 1.62. The Bertz CT molecular complexity index is 1280. The highest BCUT2D eigenvalue weighted by molar-refractivity contribution is 6.31. The summed E-state index contributed by atoms with van der Waals surface area (Å²) in [6.45, 7) is 0. The van der Waals surface area contributed by atoms with Crippen LogP contribution in [0.4, 0.5) is 4.39 Å². The maximum Gasteiger partial charge on any atom is 0.315 e. The number of allylic oxidation sites excluding steroid dienone is 1. The number of ether oxygens (including phenoxy) is 3. The molecule has 8 heteroatoms. The maximum atomic E-state index is 14.7. The second-order valence-electron chi connectivity index (χ2n) is 7.26. The normalized spacial score (nSPS) is 14.7. The molecule has 0 aromatic heterocycles. The van der Waals surface area contributed by atoms with Crippen LogP contribution in [0.15, 0.2) is 72.1 Å². The summed E-state index contributed by atoms with van der Waals surface area (Å²) in [5.74, 6) is -0.940. The Morgan fingerprint density at radius 1 is 1.18 bits per heavy atom. The van der Waals surface area contributed by atoms with Gasteiger partial charge in [-0.1, -0.05) is 35.9 Å². The zero-order valence-corrected chi connectivity index (χ0v) is 18.2. The van der Waals surface area contributed by atoms with Crippen molar-refractivity contribution >= 4 is 17.6 Å². The summed E-state index contributed by atoms with van der Waals surface area (Å²) in [6, 6.07) is 17.9. The summed E-state index contributed by atoms with van der Waals surface area (Å²) >= 11 is 6.26. The summed E-state index contributed by atoms with van der Waals surface area (Å²) in [7, 11) is 1.56. The molecule has 0 saturated carbocycles. The first-order valence-corrected chi connectivity index (χ1v) is 10.3. The van der Waals surface area contributed by atoms with Gasteiger partial charge in [-0.25, -0.2) is 4.39 Å². The Kier molecular flexibility index (Phi) is 6.20. The molecule has 3 aromatic rings. The second-order valence-corrected chi connectivity index (χ2v) is 7.67. The predicted molar refractivity (Wildman–Crippen MR) is 119 cm³/mol. The fraction of sp³-hybridized carbons (Fsp3) is 0.120. The van der Waals surface area contributed by atoms with E-state index in [1.807, 2.05) is 6.07 Å². The van der Waals surface area contributed by atoms with Gasteiger partial charge in [0, 0.05) is 22.2 Å². The van der Waals surface area contributed by atoms with Crippen molar-refractivity contribution in [2.75, 3.05) is 7.11 Å². The van der Waals surface area contributed by atoms with Crippen molar-refractivity contribution in [3.8, 4) is 23.3 Å². The van der Waals surface area contributed by atoms with Crippen molar-refractivity contribution in [3.63, 3.8) is 0 Å². The van der Waals surface area contributed by atoms with Crippen LogP contribution in [0.25, 0.3) is 0 Å². The summed E-state index contributed by atoms with van der Waals surface area (Å²) in [6.07, 6.45) is 0.0516. The van der Waals surface area contributed by atoms with Crippen molar-refractivity contribution in [2.24, 2.45) is 5.73 Å². The second kappa shape index (κ2) is 9.23. The largest absolute Gasteiger partial charge is 0.497 e. The maximum absolute atomic E-state index is 14.7. The van der Waals surface area contributed by atoms with Gasteiger partial charge in [-0.05, 0) is 35.9 Å². The average Bonchev–Trinajstić information content (AvgIpc) is 2.79. The van der Waals surface area contributed by atoms with Crippen LogP contribution in [0.5, 0.6) is 17.2 Å². The Morgan fingerprint density at radius 2 is 1.91 bits per heavy atom. The molecule has 0 aliphatic carbocycles. The molecule has 1 aliphatic rings. The van der Waals surface area contributed by atoms with E-state index >= 15 is 0 Å². The van der Waals surface area contributed by atoms with Gasteiger partial charge in [-0.3, -0.25) is 4.79 Å². The minimum absolute atomic E-state index is 0.0405. The number of esters is 1. The lowest BCUT2D eigenvalue weighted by molar-refractivity contribution is -0.133.